The van der Waals surface area contributed by atoms with E-state index in [0.717, 1.165) is 0 Å². The molecular weight excluding hydrogens is 190 g/mol. The van der Waals surface area contributed by atoms with Crippen molar-refractivity contribution in [1.29, 1.82) is 0 Å². The van der Waals surface area contributed by atoms with Crippen molar-refractivity contribution in [2.24, 2.45) is 0 Å². The lowest BCUT2D eigenvalue weighted by molar-refractivity contribution is 0.481. The molecule has 0 heterocycles. The van der Waals surface area contributed by atoms with Gasteiger partial charge in [0.2, 0.25) is 0 Å². The second-order valence-electron chi connectivity index (χ2n) is 0.981. The first-order valence-electron chi connectivity index (χ1n) is 1.61. The van der Waals surface area contributed by atoms with Gasteiger partial charge in [-0.3, -0.25) is 0 Å². The molecular formula is C2H9Cl2O2PS. The Labute approximate surface area is 66.3 Å². The number of hydrogen-bond acceptors (Lipinski definition) is 1. The molecule has 0 aliphatic carbocycles. The van der Waals surface area contributed by atoms with Crippen molar-refractivity contribution in [3.8, 4) is 0 Å². The molecule has 0 saturated heterocycles. The van der Waals surface area contributed by atoms with E-state index in [1.165, 1.54) is 0 Å². The summed E-state index contributed by atoms with van der Waals surface area (Å²) in [5.41, 5.74) is 0. The maximum Gasteiger partial charge on any atom is 0.183 e. The highest BCUT2D eigenvalue weighted by Gasteiger charge is 1.98. The molecule has 0 rings (SSSR count). The van der Waals surface area contributed by atoms with Crippen molar-refractivity contribution in [3.05, 3.63) is 0 Å². The highest BCUT2D eigenvalue weighted by Crippen LogP contribution is 2.33. The minimum atomic E-state index is -2.81. The van der Waals surface area contributed by atoms with Crippen molar-refractivity contribution < 1.29 is 9.79 Å². The zero-order chi connectivity index (χ0) is 5.21. The SMILES string of the molecule is CCP(O)(O)=S.Cl.Cl. The lowest BCUT2D eigenvalue weighted by Crippen LogP contribution is -1.76. The Kier molecular flexibility index (Phi) is 12.6. The standard InChI is InChI=1S/C2H7O2PS.2ClH/c1-2-5(3,4)6;;/h2H2,1H3,(H2,3,4,6);2*1H. The smallest absolute Gasteiger partial charge is 0.183 e. The van der Waals surface area contributed by atoms with Crippen LogP contribution in [0.15, 0.2) is 0 Å². The van der Waals surface area contributed by atoms with Gasteiger partial charge in [-0.15, -0.1) is 24.8 Å². The normalized spacial score (nSPS) is 8.88. The topological polar surface area (TPSA) is 40.5 Å². The van der Waals surface area contributed by atoms with E-state index < -0.39 is 6.49 Å². The van der Waals surface area contributed by atoms with E-state index in [4.69, 9.17) is 9.79 Å². The third-order valence-corrected chi connectivity index (χ3v) is 2.01. The van der Waals surface area contributed by atoms with E-state index in [1.54, 1.807) is 6.92 Å². The largest absolute Gasteiger partial charge is 0.345 e. The summed E-state index contributed by atoms with van der Waals surface area (Å²) in [6.45, 7) is -1.16. The summed E-state index contributed by atoms with van der Waals surface area (Å²) in [7, 11) is 0. The lowest BCUT2D eigenvalue weighted by atomic mass is 11.0. The van der Waals surface area contributed by atoms with Crippen molar-refractivity contribution >= 4 is 43.1 Å². The molecule has 54 valence electrons. The van der Waals surface area contributed by atoms with E-state index in [2.05, 4.69) is 11.8 Å². The monoisotopic (exact) mass is 198 g/mol. The van der Waals surface area contributed by atoms with Gasteiger partial charge in [0, 0.05) is 6.16 Å². The summed E-state index contributed by atoms with van der Waals surface area (Å²) >= 11 is 4.21. The summed E-state index contributed by atoms with van der Waals surface area (Å²) in [6.07, 6.45) is 0.308. The summed E-state index contributed by atoms with van der Waals surface area (Å²) in [5, 5.41) is 0. The fraction of sp³-hybridized carbons (Fsp3) is 1.00. The molecule has 0 aromatic heterocycles. The minimum Gasteiger partial charge on any atom is -0.345 e. The van der Waals surface area contributed by atoms with Crippen LogP contribution in [0.5, 0.6) is 0 Å². The first kappa shape index (κ1) is 16.1. The molecule has 2 N–H and O–H groups in total. The average Bonchev–Trinajstić information content (AvgIpc) is 1.35. The first-order valence-corrected chi connectivity index (χ1v) is 4.50. The van der Waals surface area contributed by atoms with Gasteiger partial charge in [0.15, 0.2) is 6.49 Å². The van der Waals surface area contributed by atoms with E-state index in [9.17, 15) is 0 Å². The summed E-state index contributed by atoms with van der Waals surface area (Å²) in [5.74, 6) is 0. The summed E-state index contributed by atoms with van der Waals surface area (Å²) in [6, 6.07) is 0. The molecule has 0 aromatic carbocycles. The van der Waals surface area contributed by atoms with Gasteiger partial charge in [-0.2, -0.15) is 0 Å². The van der Waals surface area contributed by atoms with Gasteiger partial charge in [-0.05, 0) is 11.8 Å². The van der Waals surface area contributed by atoms with Crippen LogP contribution in [0.4, 0.5) is 0 Å². The van der Waals surface area contributed by atoms with Gasteiger partial charge in [0.1, 0.15) is 0 Å². The predicted octanol–water partition coefficient (Wildman–Crippen LogP) is 1.14. The molecule has 0 aliphatic rings. The fourth-order valence-corrected chi connectivity index (χ4v) is 0. The van der Waals surface area contributed by atoms with Gasteiger partial charge in [-0.25, -0.2) is 0 Å². The van der Waals surface area contributed by atoms with Crippen molar-refractivity contribution in [2.45, 2.75) is 6.92 Å². The third kappa shape index (κ3) is 15.7. The Bertz CT molecular complexity index is 82.1. The maximum absolute atomic E-state index is 8.31. The van der Waals surface area contributed by atoms with Crippen LogP contribution < -0.4 is 0 Å². The quantitative estimate of drug-likeness (QED) is 0.622. The number of rotatable bonds is 1. The molecule has 0 fully saturated rings. The molecule has 0 amide bonds. The van der Waals surface area contributed by atoms with Crippen LogP contribution in [0.1, 0.15) is 6.92 Å². The molecule has 0 unspecified atom stereocenters. The van der Waals surface area contributed by atoms with Crippen molar-refractivity contribution in [2.75, 3.05) is 6.16 Å². The van der Waals surface area contributed by atoms with Crippen LogP contribution in [0.2, 0.25) is 0 Å². The molecule has 0 atom stereocenters. The first-order chi connectivity index (χ1) is 2.56. The molecule has 0 spiro atoms. The molecule has 0 bridgehead atoms. The van der Waals surface area contributed by atoms with Gasteiger partial charge >= 0.3 is 0 Å². The fourth-order valence-electron chi connectivity index (χ4n) is 0. The molecule has 6 heteroatoms. The van der Waals surface area contributed by atoms with Crippen molar-refractivity contribution in [3.63, 3.8) is 0 Å². The Balaban J connectivity index is -0.000000125. The van der Waals surface area contributed by atoms with Crippen LogP contribution in [0, 0.1) is 0 Å². The molecule has 0 aromatic rings. The van der Waals surface area contributed by atoms with Gasteiger partial charge < -0.3 is 9.79 Å². The second kappa shape index (κ2) is 6.27. The van der Waals surface area contributed by atoms with Crippen molar-refractivity contribution in [1.82, 2.24) is 0 Å². The number of halogens is 2. The van der Waals surface area contributed by atoms with E-state index in [0.29, 0.717) is 6.16 Å². The van der Waals surface area contributed by atoms with Crippen LogP contribution in [-0.4, -0.2) is 15.9 Å². The maximum atomic E-state index is 8.31. The van der Waals surface area contributed by atoms with Crippen LogP contribution in [-0.2, 0) is 11.8 Å². The summed E-state index contributed by atoms with van der Waals surface area (Å²) < 4.78 is 0. The van der Waals surface area contributed by atoms with Crippen LogP contribution in [0.25, 0.3) is 0 Å². The van der Waals surface area contributed by atoms with Crippen LogP contribution in [0.3, 0.4) is 0 Å². The highest BCUT2D eigenvalue weighted by molar-refractivity contribution is 8.09. The third-order valence-electron chi connectivity index (χ3n) is 0.412. The van der Waals surface area contributed by atoms with E-state index in [-0.39, 0.29) is 24.8 Å². The average molecular weight is 199 g/mol. The Morgan fingerprint density at radius 3 is 1.50 bits per heavy atom. The highest BCUT2D eigenvalue weighted by atomic mass is 35.5. The summed E-state index contributed by atoms with van der Waals surface area (Å²) in [4.78, 5) is 16.6. The zero-order valence-corrected chi connectivity index (χ0v) is 7.62. The Hall–Kier alpha value is 1.15. The van der Waals surface area contributed by atoms with Gasteiger partial charge in [0.05, 0.1) is 0 Å². The molecule has 0 radical (unpaired) electrons. The Morgan fingerprint density at radius 2 is 1.50 bits per heavy atom. The van der Waals surface area contributed by atoms with Gasteiger partial charge in [0.25, 0.3) is 0 Å². The molecule has 0 aliphatic heterocycles. The van der Waals surface area contributed by atoms with E-state index in [1.807, 2.05) is 0 Å². The van der Waals surface area contributed by atoms with Gasteiger partial charge in [-0.1, -0.05) is 6.92 Å². The molecule has 8 heavy (non-hydrogen) atoms. The molecule has 0 saturated carbocycles. The minimum absolute atomic E-state index is 0. The predicted molar refractivity (Wildman–Crippen MR) is 43.8 cm³/mol. The zero-order valence-electron chi connectivity index (χ0n) is 4.27. The second-order valence-corrected chi connectivity index (χ2v) is 4.70. The molecule has 2 nitrogen and oxygen atoms in total. The van der Waals surface area contributed by atoms with Crippen LogP contribution >= 0.6 is 31.3 Å². The lowest BCUT2D eigenvalue weighted by Gasteiger charge is -1.98. The van der Waals surface area contributed by atoms with E-state index >= 15 is 0 Å². The Morgan fingerprint density at radius 1 is 1.38 bits per heavy atom. The number of hydrogen-bond donors (Lipinski definition) is 2.